The Labute approximate surface area is 87.7 Å². The molecule has 0 aliphatic rings. The van der Waals surface area contributed by atoms with Crippen molar-refractivity contribution in [3.8, 4) is 0 Å². The second-order valence-electron chi connectivity index (χ2n) is 2.92. The highest BCUT2D eigenvalue weighted by Crippen LogP contribution is 2.06. The van der Waals surface area contributed by atoms with Crippen molar-refractivity contribution in [2.24, 2.45) is 0 Å². The van der Waals surface area contributed by atoms with Crippen LogP contribution in [0.2, 0.25) is 0 Å². The molecule has 0 unspecified atom stereocenters. The van der Waals surface area contributed by atoms with Crippen molar-refractivity contribution in [3.05, 3.63) is 27.6 Å². The molecule has 1 aromatic heterocycles. The highest BCUT2D eigenvalue weighted by atomic mass is 127. The van der Waals surface area contributed by atoms with Crippen LogP contribution in [0.15, 0.2) is 18.3 Å². The third kappa shape index (κ3) is 3.52. The number of rotatable bonds is 4. The normalized spacial score (nSPS) is 10.2. The van der Waals surface area contributed by atoms with E-state index in [2.05, 4.69) is 46.6 Å². The molecule has 0 aromatic carbocycles. The summed E-state index contributed by atoms with van der Waals surface area (Å²) in [7, 11) is 0. The molecule has 1 aromatic rings. The molecule has 0 fully saturated rings. The summed E-state index contributed by atoms with van der Waals surface area (Å²) in [6, 6.07) is 4.24. The van der Waals surface area contributed by atoms with E-state index in [-0.39, 0.29) is 0 Å². The van der Waals surface area contributed by atoms with Gasteiger partial charge in [-0.2, -0.15) is 0 Å². The molecule has 0 spiro atoms. The highest BCUT2D eigenvalue weighted by molar-refractivity contribution is 14.1. The van der Waals surface area contributed by atoms with E-state index >= 15 is 0 Å². The summed E-state index contributed by atoms with van der Waals surface area (Å²) in [5.41, 5.74) is 1.23. The minimum Gasteiger partial charge on any atom is -0.260 e. The van der Waals surface area contributed by atoms with Gasteiger partial charge >= 0.3 is 0 Å². The Morgan fingerprint density at radius 3 is 2.75 bits per heavy atom. The second-order valence-corrected chi connectivity index (χ2v) is 4.17. The SMILES string of the molecule is CCCCCc1ccc(I)cn1. The summed E-state index contributed by atoms with van der Waals surface area (Å²) in [5.74, 6) is 0. The molecule has 1 rings (SSSR count). The molecule has 0 amide bonds. The van der Waals surface area contributed by atoms with Gasteiger partial charge in [-0.05, 0) is 47.6 Å². The van der Waals surface area contributed by atoms with Gasteiger partial charge < -0.3 is 0 Å². The predicted molar refractivity (Wildman–Crippen MR) is 60.2 cm³/mol. The molecule has 0 radical (unpaired) electrons. The molecule has 0 saturated carbocycles. The van der Waals surface area contributed by atoms with Crippen LogP contribution in [0.4, 0.5) is 0 Å². The lowest BCUT2D eigenvalue weighted by molar-refractivity contribution is 0.707. The van der Waals surface area contributed by atoms with Gasteiger partial charge in [0.25, 0.3) is 0 Å². The topological polar surface area (TPSA) is 12.9 Å². The summed E-state index contributed by atoms with van der Waals surface area (Å²) in [5, 5.41) is 0. The molecular formula is C10H14IN. The first kappa shape index (κ1) is 9.96. The first-order chi connectivity index (χ1) is 5.83. The Balaban J connectivity index is 2.37. The van der Waals surface area contributed by atoms with Crippen molar-refractivity contribution in [3.63, 3.8) is 0 Å². The van der Waals surface area contributed by atoms with Gasteiger partial charge in [-0.3, -0.25) is 4.98 Å². The smallest absolute Gasteiger partial charge is 0.0404 e. The number of nitrogens with zero attached hydrogens (tertiary/aromatic N) is 1. The Bertz CT molecular complexity index is 218. The Morgan fingerprint density at radius 1 is 1.33 bits per heavy atom. The largest absolute Gasteiger partial charge is 0.260 e. The molecule has 66 valence electrons. The van der Waals surface area contributed by atoms with E-state index in [0.717, 1.165) is 6.42 Å². The molecule has 2 heteroatoms. The molecule has 0 atom stereocenters. The van der Waals surface area contributed by atoms with E-state index in [9.17, 15) is 0 Å². The number of hydrogen-bond acceptors (Lipinski definition) is 1. The molecular weight excluding hydrogens is 261 g/mol. The summed E-state index contributed by atoms with van der Waals surface area (Å²) in [6.45, 7) is 2.22. The van der Waals surface area contributed by atoms with Gasteiger partial charge in [0, 0.05) is 15.5 Å². The number of aryl methyl sites for hydroxylation is 1. The maximum absolute atomic E-state index is 4.34. The third-order valence-corrected chi connectivity index (χ3v) is 2.46. The van der Waals surface area contributed by atoms with E-state index in [1.54, 1.807) is 0 Å². The van der Waals surface area contributed by atoms with Crippen LogP contribution in [0.3, 0.4) is 0 Å². The molecule has 1 nitrogen and oxygen atoms in total. The van der Waals surface area contributed by atoms with Gasteiger partial charge in [-0.1, -0.05) is 19.8 Å². The average Bonchev–Trinajstić information content (AvgIpc) is 2.09. The first-order valence-corrected chi connectivity index (χ1v) is 5.51. The molecule has 0 bridgehead atoms. The van der Waals surface area contributed by atoms with Gasteiger partial charge in [0.2, 0.25) is 0 Å². The van der Waals surface area contributed by atoms with Gasteiger partial charge in [-0.15, -0.1) is 0 Å². The van der Waals surface area contributed by atoms with Gasteiger partial charge in [0.1, 0.15) is 0 Å². The van der Waals surface area contributed by atoms with E-state index in [1.165, 1.54) is 28.5 Å². The summed E-state index contributed by atoms with van der Waals surface area (Å²) in [6.07, 6.45) is 6.93. The van der Waals surface area contributed by atoms with Crippen LogP contribution < -0.4 is 0 Å². The zero-order valence-corrected chi connectivity index (χ0v) is 9.54. The van der Waals surface area contributed by atoms with Gasteiger partial charge in [0.05, 0.1) is 0 Å². The highest BCUT2D eigenvalue weighted by Gasteiger charge is 1.93. The molecule has 0 saturated heterocycles. The van der Waals surface area contributed by atoms with Crippen LogP contribution >= 0.6 is 22.6 Å². The van der Waals surface area contributed by atoms with Crippen LogP contribution in [-0.4, -0.2) is 4.98 Å². The number of hydrogen-bond donors (Lipinski definition) is 0. The predicted octanol–water partition coefficient (Wildman–Crippen LogP) is 3.42. The minimum absolute atomic E-state index is 1.13. The summed E-state index contributed by atoms with van der Waals surface area (Å²) < 4.78 is 1.21. The number of unbranched alkanes of at least 4 members (excludes halogenated alkanes) is 2. The van der Waals surface area contributed by atoms with Crippen molar-refractivity contribution in [2.45, 2.75) is 32.6 Å². The lowest BCUT2D eigenvalue weighted by atomic mass is 10.1. The zero-order chi connectivity index (χ0) is 8.81. The molecule has 1 heterocycles. The second kappa shape index (κ2) is 5.51. The van der Waals surface area contributed by atoms with Crippen LogP contribution in [-0.2, 0) is 6.42 Å². The molecule has 0 N–H and O–H groups in total. The fourth-order valence-electron chi connectivity index (χ4n) is 1.11. The average molecular weight is 275 g/mol. The molecule has 12 heavy (non-hydrogen) atoms. The van der Waals surface area contributed by atoms with Crippen LogP contribution in [0.5, 0.6) is 0 Å². The first-order valence-electron chi connectivity index (χ1n) is 4.43. The number of pyridine rings is 1. The fourth-order valence-corrected chi connectivity index (χ4v) is 1.43. The zero-order valence-electron chi connectivity index (χ0n) is 7.39. The maximum Gasteiger partial charge on any atom is 0.0404 e. The molecule has 0 aliphatic carbocycles. The standard InChI is InChI=1S/C10H14IN/c1-2-3-4-5-10-7-6-9(11)8-12-10/h6-8H,2-5H2,1H3. The summed E-state index contributed by atoms with van der Waals surface area (Å²) in [4.78, 5) is 4.34. The minimum atomic E-state index is 1.13. The van der Waals surface area contributed by atoms with Crippen molar-refractivity contribution in [2.75, 3.05) is 0 Å². The Kier molecular flexibility index (Phi) is 4.58. The van der Waals surface area contributed by atoms with E-state index in [1.807, 2.05) is 6.20 Å². The van der Waals surface area contributed by atoms with E-state index in [4.69, 9.17) is 0 Å². The van der Waals surface area contributed by atoms with Crippen molar-refractivity contribution >= 4 is 22.6 Å². The molecule has 0 aliphatic heterocycles. The maximum atomic E-state index is 4.34. The summed E-state index contributed by atoms with van der Waals surface area (Å²) >= 11 is 2.28. The van der Waals surface area contributed by atoms with Gasteiger partial charge in [0.15, 0.2) is 0 Å². The van der Waals surface area contributed by atoms with Crippen molar-refractivity contribution < 1.29 is 0 Å². The van der Waals surface area contributed by atoms with Crippen LogP contribution in [0, 0.1) is 3.57 Å². The third-order valence-electron chi connectivity index (χ3n) is 1.83. The Morgan fingerprint density at radius 2 is 2.17 bits per heavy atom. The van der Waals surface area contributed by atoms with Crippen molar-refractivity contribution in [1.29, 1.82) is 0 Å². The lowest BCUT2D eigenvalue weighted by Crippen LogP contribution is -1.89. The van der Waals surface area contributed by atoms with Crippen molar-refractivity contribution in [1.82, 2.24) is 4.98 Å². The van der Waals surface area contributed by atoms with Crippen LogP contribution in [0.1, 0.15) is 31.9 Å². The fraction of sp³-hybridized carbons (Fsp3) is 0.500. The van der Waals surface area contributed by atoms with E-state index in [0.29, 0.717) is 0 Å². The van der Waals surface area contributed by atoms with Gasteiger partial charge in [-0.25, -0.2) is 0 Å². The number of halogens is 1. The number of aromatic nitrogens is 1. The Hall–Kier alpha value is -0.120. The van der Waals surface area contributed by atoms with E-state index < -0.39 is 0 Å². The quantitative estimate of drug-likeness (QED) is 0.606. The lowest BCUT2D eigenvalue weighted by Gasteiger charge is -1.98. The monoisotopic (exact) mass is 275 g/mol. The van der Waals surface area contributed by atoms with Crippen LogP contribution in [0.25, 0.3) is 0 Å².